The van der Waals surface area contributed by atoms with Gasteiger partial charge < -0.3 is 48.6 Å². The third-order valence-electron chi connectivity index (χ3n) is 8.19. The monoisotopic (exact) mass is 800 g/mol. The molecule has 0 bridgehead atoms. The zero-order chi connectivity index (χ0) is 41.8. The Bertz CT molecular complexity index is 2340. The number of hydrogen-bond donors (Lipinski definition) is 2. The van der Waals surface area contributed by atoms with Crippen LogP contribution in [0.15, 0.2) is 73.6 Å². The highest BCUT2D eigenvalue weighted by molar-refractivity contribution is 6.28. The second-order valence-electron chi connectivity index (χ2n) is 12.2. The molecule has 57 heavy (non-hydrogen) atoms. The number of nitrogens with zero attached hydrogens (tertiary/aromatic N) is 6. The molecule has 4 heterocycles. The largest absolute Gasteiger partial charge is 0.493 e. The van der Waals surface area contributed by atoms with Crippen LogP contribution in [0.5, 0.6) is 23.0 Å². The number of esters is 2. The molecule has 0 unspecified atom stereocenters. The molecule has 0 radical (unpaired) electrons. The van der Waals surface area contributed by atoms with Crippen LogP contribution in [0.4, 0.5) is 17.3 Å². The van der Waals surface area contributed by atoms with Gasteiger partial charge in [-0.05, 0) is 74.7 Å². The fourth-order valence-electron chi connectivity index (χ4n) is 5.50. The second kappa shape index (κ2) is 19.7. The van der Waals surface area contributed by atoms with Gasteiger partial charge in [0.05, 0.1) is 53.8 Å². The van der Waals surface area contributed by atoms with E-state index < -0.39 is 5.97 Å². The van der Waals surface area contributed by atoms with Crippen LogP contribution in [-0.4, -0.2) is 83.7 Å². The highest BCUT2D eigenvalue weighted by atomic mass is 35.5. The van der Waals surface area contributed by atoms with Gasteiger partial charge in [-0.3, -0.25) is 0 Å². The van der Waals surface area contributed by atoms with Gasteiger partial charge in [-0.25, -0.2) is 19.6 Å². The molecule has 0 fully saturated rings. The highest BCUT2D eigenvalue weighted by Gasteiger charge is 2.14. The van der Waals surface area contributed by atoms with E-state index in [9.17, 15) is 9.59 Å². The molecule has 0 spiro atoms. The second-order valence-corrected chi connectivity index (χ2v) is 12.5. The van der Waals surface area contributed by atoms with Gasteiger partial charge in [0.15, 0.2) is 23.0 Å². The zero-order valence-corrected chi connectivity index (χ0v) is 34.1. The SMILES string of the molecule is COC(=O)c1ccn(-c2nc(Cl)ncc2C)c1.COC(=O)c1ccn(-c2nc(Nc3cc(C)c(OC)c(OC)c3)ncc2C)c1.COc1cc(N)cc(C)c1OC. The molecule has 3 N–H and O–H groups in total. The summed E-state index contributed by atoms with van der Waals surface area (Å²) in [5, 5.41) is 3.35. The number of carbonyl (C=O) groups is 2. The van der Waals surface area contributed by atoms with Gasteiger partial charge in [-0.2, -0.15) is 9.97 Å². The number of aromatic nitrogens is 6. The Hall–Kier alpha value is -6.81. The first-order valence-electron chi connectivity index (χ1n) is 17.1. The van der Waals surface area contributed by atoms with Gasteiger partial charge in [0.1, 0.15) is 11.6 Å². The lowest BCUT2D eigenvalue weighted by Gasteiger charge is -2.14. The van der Waals surface area contributed by atoms with Crippen LogP contribution in [-0.2, 0) is 9.47 Å². The van der Waals surface area contributed by atoms with Crippen molar-refractivity contribution in [3.05, 3.63) is 112 Å². The number of nitrogens with one attached hydrogen (secondary N) is 1. The number of rotatable bonds is 10. The predicted molar refractivity (Wildman–Crippen MR) is 216 cm³/mol. The molecule has 0 atom stereocenters. The summed E-state index contributed by atoms with van der Waals surface area (Å²) in [6.07, 6.45) is 10.1. The molecule has 16 nitrogen and oxygen atoms in total. The Balaban J connectivity index is 0.000000210. The maximum Gasteiger partial charge on any atom is 0.339 e. The van der Waals surface area contributed by atoms with E-state index in [2.05, 4.69) is 30.0 Å². The molecule has 4 aromatic heterocycles. The first-order valence-corrected chi connectivity index (χ1v) is 17.5. The van der Waals surface area contributed by atoms with Gasteiger partial charge in [-0.15, -0.1) is 0 Å². The fraction of sp³-hybridized carbons (Fsp3) is 0.250. The van der Waals surface area contributed by atoms with Gasteiger partial charge in [-0.1, -0.05) is 0 Å². The zero-order valence-electron chi connectivity index (χ0n) is 33.3. The molecule has 300 valence electrons. The number of anilines is 3. The first kappa shape index (κ1) is 42.9. The average molecular weight is 801 g/mol. The van der Waals surface area contributed by atoms with Crippen molar-refractivity contribution in [3.8, 4) is 34.6 Å². The van der Waals surface area contributed by atoms with E-state index in [1.807, 2.05) is 45.9 Å². The number of hydrogen-bond acceptors (Lipinski definition) is 14. The van der Waals surface area contributed by atoms with E-state index in [1.54, 1.807) is 93.0 Å². The summed E-state index contributed by atoms with van der Waals surface area (Å²) in [6.45, 7) is 7.63. The summed E-state index contributed by atoms with van der Waals surface area (Å²) < 4.78 is 33.8. The Kier molecular flexibility index (Phi) is 14.8. The summed E-state index contributed by atoms with van der Waals surface area (Å²) in [5.41, 5.74) is 11.6. The summed E-state index contributed by atoms with van der Waals surface area (Å²) in [7, 11) is 9.09. The molecule has 2 aromatic carbocycles. The summed E-state index contributed by atoms with van der Waals surface area (Å²) in [6, 6.07) is 10.7. The van der Waals surface area contributed by atoms with Crippen molar-refractivity contribution < 1.29 is 38.0 Å². The minimum absolute atomic E-state index is 0.166. The first-order chi connectivity index (χ1) is 27.3. The molecule has 0 aliphatic carbocycles. The quantitative estimate of drug-likeness (QED) is 0.0815. The van der Waals surface area contributed by atoms with Crippen LogP contribution in [0.2, 0.25) is 5.28 Å². The van der Waals surface area contributed by atoms with Crippen molar-refractivity contribution in [1.29, 1.82) is 0 Å². The minimum Gasteiger partial charge on any atom is -0.493 e. The van der Waals surface area contributed by atoms with Crippen LogP contribution >= 0.6 is 11.6 Å². The number of benzene rings is 2. The van der Waals surface area contributed by atoms with Crippen molar-refractivity contribution in [2.24, 2.45) is 0 Å². The number of ether oxygens (including phenoxy) is 6. The van der Waals surface area contributed by atoms with Gasteiger partial charge in [0, 0.05) is 71.8 Å². The molecular formula is C40H45ClN8O8. The van der Waals surface area contributed by atoms with E-state index in [1.165, 1.54) is 14.2 Å². The molecule has 6 rings (SSSR count). The van der Waals surface area contributed by atoms with E-state index >= 15 is 0 Å². The molecule has 0 saturated carbocycles. The molecule has 0 saturated heterocycles. The van der Waals surface area contributed by atoms with Crippen molar-refractivity contribution >= 4 is 40.9 Å². The van der Waals surface area contributed by atoms with Gasteiger partial charge in [0.25, 0.3) is 0 Å². The van der Waals surface area contributed by atoms with Crippen LogP contribution in [0.1, 0.15) is 43.0 Å². The van der Waals surface area contributed by atoms with E-state index in [-0.39, 0.29) is 11.3 Å². The Morgan fingerprint density at radius 1 is 0.649 bits per heavy atom. The maximum atomic E-state index is 11.7. The fourth-order valence-corrected chi connectivity index (χ4v) is 5.63. The van der Waals surface area contributed by atoms with E-state index in [0.717, 1.165) is 33.7 Å². The Morgan fingerprint density at radius 3 is 1.65 bits per heavy atom. The smallest absolute Gasteiger partial charge is 0.339 e. The lowest BCUT2D eigenvalue weighted by molar-refractivity contribution is 0.0592. The topological polar surface area (TPSA) is 189 Å². The highest BCUT2D eigenvalue weighted by Crippen LogP contribution is 2.35. The van der Waals surface area contributed by atoms with Crippen molar-refractivity contribution in [2.45, 2.75) is 27.7 Å². The van der Waals surface area contributed by atoms with Crippen LogP contribution in [0, 0.1) is 27.7 Å². The number of nitrogens with two attached hydrogens (primary N) is 1. The normalized spacial score (nSPS) is 10.2. The molecule has 6 aromatic rings. The number of nitrogen functional groups attached to an aromatic ring is 1. The van der Waals surface area contributed by atoms with Crippen LogP contribution in [0.3, 0.4) is 0 Å². The van der Waals surface area contributed by atoms with Crippen LogP contribution < -0.4 is 30.0 Å². The third kappa shape index (κ3) is 10.7. The molecule has 17 heteroatoms. The Labute approximate surface area is 335 Å². The van der Waals surface area contributed by atoms with Crippen molar-refractivity contribution in [2.75, 3.05) is 53.7 Å². The van der Waals surface area contributed by atoms with Crippen molar-refractivity contribution in [1.82, 2.24) is 29.1 Å². The van der Waals surface area contributed by atoms with Crippen molar-refractivity contribution in [3.63, 3.8) is 0 Å². The molecular weight excluding hydrogens is 756 g/mol. The average Bonchev–Trinajstić information content (AvgIpc) is 3.90. The van der Waals surface area contributed by atoms with Crippen LogP contribution in [0.25, 0.3) is 11.6 Å². The van der Waals surface area contributed by atoms with E-state index in [4.69, 9.17) is 41.0 Å². The number of carbonyl (C=O) groups excluding carboxylic acids is 2. The summed E-state index contributed by atoms with van der Waals surface area (Å²) in [5.74, 6) is 3.64. The minimum atomic E-state index is -0.399. The van der Waals surface area contributed by atoms with E-state index in [0.29, 0.717) is 51.6 Å². The number of methoxy groups -OCH3 is 6. The maximum absolute atomic E-state index is 11.7. The Morgan fingerprint density at radius 2 is 1.14 bits per heavy atom. The lowest BCUT2D eigenvalue weighted by Crippen LogP contribution is -2.05. The number of aryl methyl sites for hydroxylation is 4. The molecule has 0 aliphatic rings. The van der Waals surface area contributed by atoms with Gasteiger partial charge in [0.2, 0.25) is 11.2 Å². The molecule has 0 aliphatic heterocycles. The van der Waals surface area contributed by atoms with Gasteiger partial charge >= 0.3 is 11.9 Å². The standard InChI is InChI=1S/C20H22N4O4.C11H10ClN3O2.C9H13NO2/c1-12-8-15(9-16(26-3)17(12)27-4)22-20-21-10-13(2)18(23-20)24-7-6-14(11-24)19(25)28-5;1-7-5-13-11(12)14-9(7)15-4-3-8(6-15)10(16)17-2;1-6-4-7(10)5-8(11-2)9(6)12-3/h6-11H,1-5H3,(H,21,22,23);3-6H,1-2H3;4-5H,10H2,1-3H3. The molecule has 0 amide bonds. The summed E-state index contributed by atoms with van der Waals surface area (Å²) >= 11 is 5.74. The lowest BCUT2D eigenvalue weighted by atomic mass is 10.2. The predicted octanol–water partition coefficient (Wildman–Crippen LogP) is 7.04. The third-order valence-corrected chi connectivity index (χ3v) is 8.37. The summed E-state index contributed by atoms with van der Waals surface area (Å²) in [4.78, 5) is 39.9. The number of halogens is 1.